The molecule has 0 spiro atoms. The summed E-state index contributed by atoms with van der Waals surface area (Å²) in [6, 6.07) is 2.14. The lowest BCUT2D eigenvalue weighted by Crippen LogP contribution is -2.39. The van der Waals surface area contributed by atoms with Crippen LogP contribution in [0.5, 0.6) is 0 Å². The predicted molar refractivity (Wildman–Crippen MR) is 109 cm³/mol. The molecule has 0 radical (unpaired) electrons. The molecule has 0 atom stereocenters. The Morgan fingerprint density at radius 1 is 1.52 bits per heavy atom. The molecule has 0 bridgehead atoms. The largest absolute Gasteiger partial charge is 0.377 e. The van der Waals surface area contributed by atoms with Gasteiger partial charge >= 0.3 is 0 Å². The Labute approximate surface area is 164 Å². The summed E-state index contributed by atoms with van der Waals surface area (Å²) >= 11 is 3.51. The van der Waals surface area contributed by atoms with E-state index in [9.17, 15) is 0 Å². The number of hydrogen-bond acceptors (Lipinski definition) is 2. The van der Waals surface area contributed by atoms with E-state index in [1.165, 1.54) is 11.3 Å². The first-order valence-corrected chi connectivity index (χ1v) is 8.37. The molecule has 0 aromatic carbocycles. The topological polar surface area (TPSA) is 41.8 Å². The van der Waals surface area contributed by atoms with Gasteiger partial charge in [-0.25, -0.2) is 0 Å². The molecule has 7 heteroatoms. The molecule has 130 valence electrons. The third-order valence-electron chi connectivity index (χ3n) is 3.83. The fourth-order valence-corrected chi connectivity index (χ4v) is 3.12. The van der Waals surface area contributed by atoms with E-state index in [-0.39, 0.29) is 24.0 Å². The SMILES string of the molecule is CN=C(NCCC1=CCOCC1)N(C)Cc1cc(Br)cn1C.I. The number of rotatable bonds is 5. The van der Waals surface area contributed by atoms with Gasteiger partial charge in [0, 0.05) is 44.1 Å². The highest BCUT2D eigenvalue weighted by molar-refractivity contribution is 14.0. The molecule has 1 aromatic rings. The maximum atomic E-state index is 5.33. The van der Waals surface area contributed by atoms with Crippen molar-refractivity contribution in [3.05, 3.63) is 34.1 Å². The highest BCUT2D eigenvalue weighted by Gasteiger charge is 2.10. The van der Waals surface area contributed by atoms with Crippen molar-refractivity contribution in [2.45, 2.75) is 19.4 Å². The Morgan fingerprint density at radius 3 is 2.87 bits per heavy atom. The number of hydrogen-bond donors (Lipinski definition) is 1. The molecule has 5 nitrogen and oxygen atoms in total. The Kier molecular flexibility index (Phi) is 9.23. The van der Waals surface area contributed by atoms with Crippen LogP contribution in [0.3, 0.4) is 0 Å². The van der Waals surface area contributed by atoms with Crippen molar-refractivity contribution in [2.24, 2.45) is 12.0 Å². The zero-order valence-electron chi connectivity index (χ0n) is 14.0. The monoisotopic (exact) mass is 496 g/mol. The predicted octanol–water partition coefficient (Wildman–Crippen LogP) is 3.15. The fourth-order valence-electron chi connectivity index (χ4n) is 2.55. The van der Waals surface area contributed by atoms with E-state index in [4.69, 9.17) is 4.74 Å². The number of nitrogens with one attached hydrogen (secondary N) is 1. The smallest absolute Gasteiger partial charge is 0.193 e. The third kappa shape index (κ3) is 6.46. The molecule has 0 amide bonds. The second-order valence-electron chi connectivity index (χ2n) is 5.53. The number of guanidine groups is 1. The van der Waals surface area contributed by atoms with E-state index in [2.05, 4.69) is 68.1 Å². The summed E-state index contributed by atoms with van der Waals surface area (Å²) in [4.78, 5) is 6.51. The molecular weight excluding hydrogens is 471 g/mol. The highest BCUT2D eigenvalue weighted by atomic mass is 127. The maximum absolute atomic E-state index is 5.33. The van der Waals surface area contributed by atoms with Crippen molar-refractivity contribution < 1.29 is 4.74 Å². The molecule has 1 aliphatic heterocycles. The Bertz CT molecular complexity index is 556. The van der Waals surface area contributed by atoms with Crippen LogP contribution in [0.25, 0.3) is 0 Å². The lowest BCUT2D eigenvalue weighted by molar-refractivity contribution is 0.153. The van der Waals surface area contributed by atoms with Crippen molar-refractivity contribution in [1.29, 1.82) is 0 Å². The molecule has 2 rings (SSSR count). The molecule has 1 aliphatic rings. The first kappa shape index (κ1) is 20.5. The van der Waals surface area contributed by atoms with E-state index in [0.29, 0.717) is 0 Å². The van der Waals surface area contributed by atoms with Crippen LogP contribution < -0.4 is 5.32 Å². The minimum Gasteiger partial charge on any atom is -0.377 e. The molecule has 0 unspecified atom stereocenters. The number of ether oxygens (including phenoxy) is 1. The average Bonchev–Trinajstić information content (AvgIpc) is 2.82. The van der Waals surface area contributed by atoms with Crippen LogP contribution in [0.4, 0.5) is 0 Å². The minimum atomic E-state index is 0. The van der Waals surface area contributed by atoms with Gasteiger partial charge in [0.1, 0.15) is 0 Å². The second-order valence-corrected chi connectivity index (χ2v) is 6.44. The zero-order chi connectivity index (χ0) is 15.9. The van der Waals surface area contributed by atoms with Crippen molar-refractivity contribution in [3.8, 4) is 0 Å². The minimum absolute atomic E-state index is 0. The van der Waals surface area contributed by atoms with E-state index in [1.54, 1.807) is 0 Å². The summed E-state index contributed by atoms with van der Waals surface area (Å²) in [5.74, 6) is 0.921. The van der Waals surface area contributed by atoms with Crippen molar-refractivity contribution in [1.82, 2.24) is 14.8 Å². The summed E-state index contributed by atoms with van der Waals surface area (Å²) in [5.41, 5.74) is 2.72. The normalized spacial score (nSPS) is 15.0. The lowest BCUT2D eigenvalue weighted by atomic mass is 10.1. The standard InChI is InChI=1S/C16H25BrN4O.HI/c1-18-16(19-7-4-13-5-8-22-9-6-13)21(3)12-15-10-14(17)11-20(15)2;/h5,10-11H,4,6-9,12H2,1-3H3,(H,18,19);1H. The van der Waals surface area contributed by atoms with E-state index >= 15 is 0 Å². The van der Waals surface area contributed by atoms with Gasteiger partial charge in [0.2, 0.25) is 0 Å². The number of halogens is 2. The maximum Gasteiger partial charge on any atom is 0.193 e. The molecule has 0 fully saturated rings. The summed E-state index contributed by atoms with van der Waals surface area (Å²) < 4.78 is 8.56. The van der Waals surface area contributed by atoms with Gasteiger partial charge in [-0.15, -0.1) is 24.0 Å². The second kappa shape index (κ2) is 10.4. The first-order chi connectivity index (χ1) is 10.6. The van der Waals surface area contributed by atoms with E-state index < -0.39 is 0 Å². The van der Waals surface area contributed by atoms with Gasteiger partial charge in [0.15, 0.2) is 5.96 Å². The molecule has 1 N–H and O–H groups in total. The Morgan fingerprint density at radius 2 is 2.30 bits per heavy atom. The van der Waals surface area contributed by atoms with Gasteiger partial charge in [-0.3, -0.25) is 4.99 Å². The van der Waals surface area contributed by atoms with Crippen LogP contribution in [0, 0.1) is 0 Å². The van der Waals surface area contributed by atoms with Crippen LogP contribution in [-0.4, -0.2) is 49.3 Å². The van der Waals surface area contributed by atoms with E-state index in [1.807, 2.05) is 7.05 Å². The van der Waals surface area contributed by atoms with Crippen LogP contribution in [0.15, 0.2) is 33.4 Å². The van der Waals surface area contributed by atoms with Crippen molar-refractivity contribution in [3.63, 3.8) is 0 Å². The van der Waals surface area contributed by atoms with Crippen LogP contribution in [-0.2, 0) is 18.3 Å². The number of aryl methyl sites for hydroxylation is 1. The number of aliphatic imine (C=N–C) groups is 1. The first-order valence-electron chi connectivity index (χ1n) is 7.58. The lowest BCUT2D eigenvalue weighted by Gasteiger charge is -2.23. The molecule has 2 heterocycles. The molecule has 0 saturated carbocycles. The summed E-state index contributed by atoms with van der Waals surface area (Å²) in [7, 11) is 5.94. The molecule has 23 heavy (non-hydrogen) atoms. The Hall–Kier alpha value is -0.540. The van der Waals surface area contributed by atoms with Gasteiger partial charge < -0.3 is 19.5 Å². The fraction of sp³-hybridized carbons (Fsp3) is 0.562. The van der Waals surface area contributed by atoms with Crippen LogP contribution in [0.2, 0.25) is 0 Å². The van der Waals surface area contributed by atoms with E-state index in [0.717, 1.165) is 49.6 Å². The molecular formula is C16H26BrIN4O. The van der Waals surface area contributed by atoms with Gasteiger partial charge in [0.25, 0.3) is 0 Å². The molecule has 1 aromatic heterocycles. The van der Waals surface area contributed by atoms with Crippen LogP contribution in [0.1, 0.15) is 18.5 Å². The van der Waals surface area contributed by atoms with Crippen LogP contribution >= 0.6 is 39.9 Å². The number of aromatic nitrogens is 1. The summed E-state index contributed by atoms with van der Waals surface area (Å²) in [5, 5.41) is 3.44. The Balaban J connectivity index is 0.00000264. The van der Waals surface area contributed by atoms with Crippen molar-refractivity contribution >= 4 is 45.9 Å². The molecule has 0 aliphatic carbocycles. The number of nitrogens with zero attached hydrogens (tertiary/aromatic N) is 3. The van der Waals surface area contributed by atoms with Crippen molar-refractivity contribution in [2.75, 3.05) is 33.9 Å². The summed E-state index contributed by atoms with van der Waals surface area (Å²) in [6.45, 7) is 3.33. The zero-order valence-corrected chi connectivity index (χ0v) is 17.9. The van der Waals surface area contributed by atoms with Gasteiger partial charge in [-0.1, -0.05) is 11.6 Å². The third-order valence-corrected chi connectivity index (χ3v) is 4.27. The molecule has 0 saturated heterocycles. The van der Waals surface area contributed by atoms with Gasteiger partial charge in [0.05, 0.1) is 19.8 Å². The average molecular weight is 497 g/mol. The van der Waals surface area contributed by atoms with Gasteiger partial charge in [-0.2, -0.15) is 0 Å². The van der Waals surface area contributed by atoms with Gasteiger partial charge in [-0.05, 0) is 34.8 Å². The quantitative estimate of drug-likeness (QED) is 0.294. The highest BCUT2D eigenvalue weighted by Crippen LogP contribution is 2.15. The summed E-state index contributed by atoms with van der Waals surface area (Å²) in [6.07, 6.45) is 6.36.